The van der Waals surface area contributed by atoms with Crippen molar-refractivity contribution in [2.24, 2.45) is 0 Å². The monoisotopic (exact) mass is 260 g/mol. The molecule has 0 amide bonds. The van der Waals surface area contributed by atoms with Gasteiger partial charge in [-0.1, -0.05) is 48.5 Å². The summed E-state index contributed by atoms with van der Waals surface area (Å²) in [6.07, 6.45) is 0.824. The van der Waals surface area contributed by atoms with Gasteiger partial charge in [0.15, 0.2) is 0 Å². The van der Waals surface area contributed by atoms with Crippen LogP contribution in [0.15, 0.2) is 54.6 Å². The van der Waals surface area contributed by atoms with Crippen molar-refractivity contribution in [2.45, 2.75) is 19.4 Å². The van der Waals surface area contributed by atoms with Crippen LogP contribution in [0.1, 0.15) is 23.7 Å². The molecule has 1 nitrogen and oxygen atoms in total. The fourth-order valence-corrected chi connectivity index (χ4v) is 2.10. The molecule has 0 aromatic heterocycles. The van der Waals surface area contributed by atoms with Crippen molar-refractivity contribution in [3.63, 3.8) is 0 Å². The van der Waals surface area contributed by atoms with Crippen LogP contribution in [0.5, 0.6) is 5.75 Å². The van der Waals surface area contributed by atoms with Gasteiger partial charge >= 0.3 is 0 Å². The molecule has 1 atom stereocenters. The third-order valence-electron chi connectivity index (χ3n) is 2.91. The van der Waals surface area contributed by atoms with E-state index in [2.05, 4.69) is 25.1 Å². The molecule has 18 heavy (non-hydrogen) atoms. The van der Waals surface area contributed by atoms with E-state index in [-0.39, 0.29) is 6.10 Å². The highest BCUT2D eigenvalue weighted by Gasteiger charge is 2.13. The van der Waals surface area contributed by atoms with E-state index >= 15 is 0 Å². The quantitative estimate of drug-likeness (QED) is 0.706. The lowest BCUT2D eigenvalue weighted by Crippen LogP contribution is -2.09. The van der Waals surface area contributed by atoms with Gasteiger partial charge in [-0.15, -0.1) is 11.6 Å². The number of halogens is 1. The first-order valence-corrected chi connectivity index (χ1v) is 6.68. The minimum Gasteiger partial charge on any atom is -0.485 e. The molecule has 0 saturated heterocycles. The zero-order chi connectivity index (χ0) is 12.8. The zero-order valence-electron chi connectivity index (χ0n) is 10.5. The number of ether oxygens (including phenoxy) is 1. The molecule has 0 spiro atoms. The fraction of sp³-hybridized carbons (Fsp3) is 0.250. The standard InChI is InChI=1S/C16H17ClO/c1-13-7-5-6-10-15(13)18-16(11-12-17)14-8-3-2-4-9-14/h2-10,16H,11-12H2,1H3. The SMILES string of the molecule is Cc1ccccc1OC(CCCl)c1ccccc1. The van der Waals surface area contributed by atoms with Gasteiger partial charge in [-0.25, -0.2) is 0 Å². The van der Waals surface area contributed by atoms with Gasteiger partial charge in [0.05, 0.1) is 0 Å². The highest BCUT2D eigenvalue weighted by atomic mass is 35.5. The maximum atomic E-state index is 6.09. The minimum absolute atomic E-state index is 0.0183. The first kappa shape index (κ1) is 13.0. The van der Waals surface area contributed by atoms with Crippen LogP contribution in [-0.4, -0.2) is 5.88 Å². The van der Waals surface area contributed by atoms with Crippen LogP contribution in [0.4, 0.5) is 0 Å². The molecule has 2 heteroatoms. The predicted octanol–water partition coefficient (Wildman–Crippen LogP) is 4.74. The number of para-hydroxylation sites is 1. The molecule has 2 rings (SSSR count). The number of hydrogen-bond acceptors (Lipinski definition) is 1. The van der Waals surface area contributed by atoms with Crippen LogP contribution >= 0.6 is 11.6 Å². The summed E-state index contributed by atoms with van der Waals surface area (Å²) in [5, 5.41) is 0. The van der Waals surface area contributed by atoms with Gasteiger partial charge in [-0.05, 0) is 24.1 Å². The van der Waals surface area contributed by atoms with Crippen molar-refractivity contribution < 1.29 is 4.74 Å². The number of rotatable bonds is 5. The molecular formula is C16H17ClO. The van der Waals surface area contributed by atoms with Crippen LogP contribution in [0.3, 0.4) is 0 Å². The third-order valence-corrected chi connectivity index (χ3v) is 3.12. The lowest BCUT2D eigenvalue weighted by molar-refractivity contribution is 0.201. The van der Waals surface area contributed by atoms with Crippen LogP contribution in [0, 0.1) is 6.92 Å². The normalized spacial score (nSPS) is 12.1. The molecule has 0 N–H and O–H groups in total. The number of benzene rings is 2. The number of alkyl halides is 1. The summed E-state index contributed by atoms with van der Waals surface area (Å²) in [7, 11) is 0. The molecule has 0 bridgehead atoms. The van der Waals surface area contributed by atoms with E-state index in [0.29, 0.717) is 5.88 Å². The van der Waals surface area contributed by atoms with E-state index in [9.17, 15) is 0 Å². The van der Waals surface area contributed by atoms with Gasteiger partial charge in [0.25, 0.3) is 0 Å². The summed E-state index contributed by atoms with van der Waals surface area (Å²) in [6.45, 7) is 2.05. The molecule has 0 fully saturated rings. The Hall–Kier alpha value is -1.47. The Labute approximate surface area is 113 Å². The second kappa shape index (κ2) is 6.46. The van der Waals surface area contributed by atoms with E-state index in [1.807, 2.05) is 36.4 Å². The fourth-order valence-electron chi connectivity index (χ4n) is 1.90. The summed E-state index contributed by atoms with van der Waals surface area (Å²) in [5.74, 6) is 1.52. The Morgan fingerprint density at radius 3 is 2.33 bits per heavy atom. The maximum absolute atomic E-state index is 6.09. The van der Waals surface area contributed by atoms with Gasteiger partial charge in [0.1, 0.15) is 11.9 Å². The van der Waals surface area contributed by atoms with E-state index in [1.54, 1.807) is 0 Å². The molecule has 0 aliphatic rings. The molecule has 1 unspecified atom stereocenters. The van der Waals surface area contributed by atoms with Crippen molar-refractivity contribution in [3.8, 4) is 5.75 Å². The molecular weight excluding hydrogens is 244 g/mol. The molecule has 0 radical (unpaired) electrons. The number of hydrogen-bond donors (Lipinski definition) is 0. The van der Waals surface area contributed by atoms with Crippen molar-refractivity contribution in [1.82, 2.24) is 0 Å². The molecule has 94 valence electrons. The Morgan fingerprint density at radius 1 is 1.00 bits per heavy atom. The van der Waals surface area contributed by atoms with E-state index in [0.717, 1.165) is 17.7 Å². The zero-order valence-corrected chi connectivity index (χ0v) is 11.2. The summed E-state index contributed by atoms with van der Waals surface area (Å²) in [4.78, 5) is 0. The third kappa shape index (κ3) is 3.27. The lowest BCUT2D eigenvalue weighted by Gasteiger charge is -2.20. The van der Waals surface area contributed by atoms with Gasteiger partial charge < -0.3 is 4.74 Å². The van der Waals surface area contributed by atoms with Crippen LogP contribution in [0.2, 0.25) is 0 Å². The highest BCUT2D eigenvalue weighted by molar-refractivity contribution is 6.17. The second-order valence-corrected chi connectivity index (χ2v) is 4.64. The van der Waals surface area contributed by atoms with E-state index in [4.69, 9.17) is 16.3 Å². The number of aryl methyl sites for hydroxylation is 1. The Balaban J connectivity index is 2.19. The summed E-state index contributed by atoms with van der Waals surface area (Å²) < 4.78 is 6.09. The highest BCUT2D eigenvalue weighted by Crippen LogP contribution is 2.27. The molecule has 0 aliphatic carbocycles. The van der Waals surface area contributed by atoms with E-state index < -0.39 is 0 Å². The van der Waals surface area contributed by atoms with Gasteiger partial charge in [0.2, 0.25) is 0 Å². The Morgan fingerprint density at radius 2 is 1.67 bits per heavy atom. The second-order valence-electron chi connectivity index (χ2n) is 4.26. The van der Waals surface area contributed by atoms with Crippen LogP contribution in [-0.2, 0) is 0 Å². The van der Waals surface area contributed by atoms with Gasteiger partial charge in [-0.2, -0.15) is 0 Å². The average Bonchev–Trinajstić information content (AvgIpc) is 2.42. The molecule has 0 aliphatic heterocycles. The van der Waals surface area contributed by atoms with Gasteiger partial charge in [0, 0.05) is 12.3 Å². The van der Waals surface area contributed by atoms with Crippen molar-refractivity contribution >= 4 is 11.6 Å². The van der Waals surface area contributed by atoms with Crippen molar-refractivity contribution in [2.75, 3.05) is 5.88 Å². The first-order chi connectivity index (χ1) is 8.81. The summed E-state index contributed by atoms with van der Waals surface area (Å²) in [6, 6.07) is 18.3. The topological polar surface area (TPSA) is 9.23 Å². The largest absolute Gasteiger partial charge is 0.485 e. The summed E-state index contributed by atoms with van der Waals surface area (Å²) in [5.41, 5.74) is 2.31. The van der Waals surface area contributed by atoms with Crippen LogP contribution < -0.4 is 4.74 Å². The molecule has 0 heterocycles. The lowest BCUT2D eigenvalue weighted by atomic mass is 10.1. The van der Waals surface area contributed by atoms with Crippen molar-refractivity contribution in [3.05, 3.63) is 65.7 Å². The average molecular weight is 261 g/mol. The first-order valence-electron chi connectivity index (χ1n) is 6.14. The minimum atomic E-state index is 0.0183. The predicted molar refractivity (Wildman–Crippen MR) is 76.3 cm³/mol. The molecule has 2 aromatic rings. The Kier molecular flexibility index (Phi) is 4.66. The maximum Gasteiger partial charge on any atom is 0.125 e. The summed E-state index contributed by atoms with van der Waals surface area (Å²) >= 11 is 5.87. The van der Waals surface area contributed by atoms with Crippen molar-refractivity contribution in [1.29, 1.82) is 0 Å². The van der Waals surface area contributed by atoms with Gasteiger partial charge in [-0.3, -0.25) is 0 Å². The smallest absolute Gasteiger partial charge is 0.125 e. The van der Waals surface area contributed by atoms with Crippen LogP contribution in [0.25, 0.3) is 0 Å². The Bertz CT molecular complexity index is 481. The molecule has 2 aromatic carbocycles. The van der Waals surface area contributed by atoms with E-state index in [1.165, 1.54) is 5.56 Å². The molecule has 0 saturated carbocycles.